The van der Waals surface area contributed by atoms with Crippen LogP contribution in [0.3, 0.4) is 0 Å². The summed E-state index contributed by atoms with van der Waals surface area (Å²) in [6.45, 7) is 0.694. The van der Waals surface area contributed by atoms with Gasteiger partial charge in [0.15, 0.2) is 11.5 Å². The fourth-order valence-electron chi connectivity index (χ4n) is 3.11. The number of para-hydroxylation sites is 1. The molecular formula is C21H26N2O3. The van der Waals surface area contributed by atoms with Crippen LogP contribution in [0.1, 0.15) is 31.2 Å². The first kappa shape index (κ1) is 18.1. The largest absolute Gasteiger partial charge is 0.493 e. The Morgan fingerprint density at radius 2 is 1.85 bits per heavy atom. The molecule has 2 N–H and O–H groups in total. The maximum Gasteiger partial charge on any atom is 0.239 e. The summed E-state index contributed by atoms with van der Waals surface area (Å²) in [6, 6.07) is 15.5. The Morgan fingerprint density at radius 3 is 2.58 bits per heavy atom. The monoisotopic (exact) mass is 354 g/mol. The summed E-state index contributed by atoms with van der Waals surface area (Å²) >= 11 is 0. The second-order valence-corrected chi connectivity index (χ2v) is 6.51. The molecule has 0 aliphatic heterocycles. The van der Waals surface area contributed by atoms with E-state index in [1.807, 2.05) is 48.5 Å². The molecule has 3 rings (SSSR count). The van der Waals surface area contributed by atoms with Gasteiger partial charge in [0.25, 0.3) is 0 Å². The van der Waals surface area contributed by atoms with Gasteiger partial charge in [-0.2, -0.15) is 0 Å². The van der Waals surface area contributed by atoms with Crippen LogP contribution in [0.4, 0.5) is 5.69 Å². The number of carbonyl (C=O) groups excluding carboxylic acids is 1. The van der Waals surface area contributed by atoms with Gasteiger partial charge in [-0.25, -0.2) is 0 Å². The van der Waals surface area contributed by atoms with Gasteiger partial charge in [0, 0.05) is 12.2 Å². The van der Waals surface area contributed by atoms with Crippen LogP contribution in [0.15, 0.2) is 48.5 Å². The fraction of sp³-hybridized carbons (Fsp3) is 0.381. The summed E-state index contributed by atoms with van der Waals surface area (Å²) in [6.07, 6.45) is 4.96. The van der Waals surface area contributed by atoms with E-state index in [1.165, 1.54) is 12.8 Å². The lowest BCUT2D eigenvalue weighted by atomic mass is 10.2. The summed E-state index contributed by atoms with van der Waals surface area (Å²) in [5.41, 5.74) is 1.91. The first-order chi connectivity index (χ1) is 12.7. The lowest BCUT2D eigenvalue weighted by Gasteiger charge is -2.17. The Bertz CT molecular complexity index is 712. The van der Waals surface area contributed by atoms with E-state index in [2.05, 4.69) is 10.6 Å². The molecule has 1 fully saturated rings. The van der Waals surface area contributed by atoms with Crippen molar-refractivity contribution in [2.45, 2.75) is 38.3 Å². The number of benzene rings is 2. The third-order valence-corrected chi connectivity index (χ3v) is 4.54. The number of carbonyl (C=O) groups is 1. The molecule has 1 saturated carbocycles. The highest BCUT2D eigenvalue weighted by molar-refractivity contribution is 5.80. The van der Waals surface area contributed by atoms with Gasteiger partial charge in [-0.1, -0.05) is 24.3 Å². The molecule has 5 heteroatoms. The lowest BCUT2D eigenvalue weighted by molar-refractivity contribution is -0.119. The van der Waals surface area contributed by atoms with Gasteiger partial charge in [0.2, 0.25) is 5.91 Å². The Hall–Kier alpha value is -2.69. The Kier molecular flexibility index (Phi) is 6.36. The van der Waals surface area contributed by atoms with Crippen LogP contribution < -0.4 is 20.1 Å². The molecule has 1 aliphatic rings. The van der Waals surface area contributed by atoms with Crippen molar-refractivity contribution in [2.75, 3.05) is 19.0 Å². The molecule has 0 radical (unpaired) electrons. The van der Waals surface area contributed by atoms with E-state index in [0.29, 0.717) is 18.4 Å². The molecule has 138 valence electrons. The Balaban J connectivity index is 1.50. The molecule has 1 aliphatic carbocycles. The molecule has 0 atom stereocenters. The number of methoxy groups -OCH3 is 1. The number of rotatable bonds is 8. The minimum atomic E-state index is -0.0564. The Labute approximate surface area is 154 Å². The van der Waals surface area contributed by atoms with Crippen LogP contribution >= 0.6 is 0 Å². The van der Waals surface area contributed by atoms with Gasteiger partial charge in [0.05, 0.1) is 19.8 Å². The highest BCUT2D eigenvalue weighted by Crippen LogP contribution is 2.32. The van der Waals surface area contributed by atoms with Crippen LogP contribution in [-0.2, 0) is 11.3 Å². The maximum atomic E-state index is 12.0. The predicted octanol–water partition coefficient (Wildman–Crippen LogP) is 3.74. The predicted molar refractivity (Wildman–Crippen MR) is 103 cm³/mol. The number of anilines is 1. The van der Waals surface area contributed by atoms with Gasteiger partial charge in [-0.3, -0.25) is 4.79 Å². The molecule has 1 amide bonds. The lowest BCUT2D eigenvalue weighted by Crippen LogP contribution is -2.29. The molecule has 2 aromatic rings. The van der Waals surface area contributed by atoms with E-state index in [1.54, 1.807) is 7.11 Å². The van der Waals surface area contributed by atoms with Gasteiger partial charge < -0.3 is 20.1 Å². The van der Waals surface area contributed by atoms with Gasteiger partial charge in [0.1, 0.15) is 0 Å². The molecule has 0 aromatic heterocycles. The van der Waals surface area contributed by atoms with Crippen molar-refractivity contribution in [3.63, 3.8) is 0 Å². The Morgan fingerprint density at radius 1 is 1.08 bits per heavy atom. The SMILES string of the molecule is COc1cc(CNC(=O)CNc2ccccc2)ccc1OC1CCCC1. The van der Waals surface area contributed by atoms with Crippen molar-refractivity contribution in [1.29, 1.82) is 0 Å². The molecule has 5 nitrogen and oxygen atoms in total. The van der Waals surface area contributed by atoms with E-state index < -0.39 is 0 Å². The summed E-state index contributed by atoms with van der Waals surface area (Å²) in [7, 11) is 1.64. The molecular weight excluding hydrogens is 328 g/mol. The summed E-state index contributed by atoms with van der Waals surface area (Å²) in [5, 5.41) is 6.01. The topological polar surface area (TPSA) is 59.6 Å². The summed E-state index contributed by atoms with van der Waals surface area (Å²) in [4.78, 5) is 12.0. The molecule has 0 saturated heterocycles. The number of hydrogen-bond acceptors (Lipinski definition) is 4. The van der Waals surface area contributed by atoms with E-state index >= 15 is 0 Å². The van der Waals surface area contributed by atoms with Crippen molar-refractivity contribution in [3.8, 4) is 11.5 Å². The summed E-state index contributed by atoms with van der Waals surface area (Å²) in [5.74, 6) is 1.44. The van der Waals surface area contributed by atoms with E-state index in [4.69, 9.17) is 9.47 Å². The van der Waals surface area contributed by atoms with E-state index in [0.717, 1.165) is 29.8 Å². The minimum absolute atomic E-state index is 0.0564. The molecule has 26 heavy (non-hydrogen) atoms. The van der Waals surface area contributed by atoms with Crippen molar-refractivity contribution in [1.82, 2.24) is 5.32 Å². The zero-order valence-corrected chi connectivity index (χ0v) is 15.2. The highest BCUT2D eigenvalue weighted by atomic mass is 16.5. The van der Waals surface area contributed by atoms with E-state index in [-0.39, 0.29) is 12.5 Å². The average Bonchev–Trinajstić information content (AvgIpc) is 3.19. The smallest absolute Gasteiger partial charge is 0.239 e. The molecule has 2 aromatic carbocycles. The number of amides is 1. The average molecular weight is 354 g/mol. The number of nitrogens with one attached hydrogen (secondary N) is 2. The van der Waals surface area contributed by atoms with Crippen molar-refractivity contribution >= 4 is 11.6 Å². The quantitative estimate of drug-likeness (QED) is 0.758. The first-order valence-corrected chi connectivity index (χ1v) is 9.14. The van der Waals surface area contributed by atoms with E-state index in [9.17, 15) is 4.79 Å². The van der Waals surface area contributed by atoms with Crippen LogP contribution in [-0.4, -0.2) is 25.7 Å². The minimum Gasteiger partial charge on any atom is -0.493 e. The standard InChI is InChI=1S/C21H26N2O3/c1-25-20-13-16(11-12-19(20)26-18-9-5-6-10-18)14-23-21(24)15-22-17-7-3-2-4-8-17/h2-4,7-8,11-13,18,22H,5-6,9-10,14-15H2,1H3,(H,23,24). The van der Waals surface area contributed by atoms with Gasteiger partial charge >= 0.3 is 0 Å². The zero-order chi connectivity index (χ0) is 18.2. The number of hydrogen-bond donors (Lipinski definition) is 2. The normalized spacial score (nSPS) is 14.0. The first-order valence-electron chi connectivity index (χ1n) is 9.14. The fourth-order valence-corrected chi connectivity index (χ4v) is 3.11. The second-order valence-electron chi connectivity index (χ2n) is 6.51. The van der Waals surface area contributed by atoms with Crippen LogP contribution in [0.2, 0.25) is 0 Å². The highest BCUT2D eigenvalue weighted by Gasteiger charge is 2.18. The molecule has 0 unspecified atom stereocenters. The van der Waals surface area contributed by atoms with Crippen molar-refractivity contribution in [2.24, 2.45) is 0 Å². The van der Waals surface area contributed by atoms with Gasteiger partial charge in [-0.05, 0) is 55.5 Å². The third kappa shape index (κ3) is 5.15. The molecule has 0 heterocycles. The second kappa shape index (κ2) is 9.13. The summed E-state index contributed by atoms with van der Waals surface area (Å²) < 4.78 is 11.5. The zero-order valence-electron chi connectivity index (χ0n) is 15.2. The van der Waals surface area contributed by atoms with Crippen LogP contribution in [0.25, 0.3) is 0 Å². The van der Waals surface area contributed by atoms with Crippen molar-refractivity contribution in [3.05, 3.63) is 54.1 Å². The van der Waals surface area contributed by atoms with Gasteiger partial charge in [-0.15, -0.1) is 0 Å². The number of ether oxygens (including phenoxy) is 2. The van der Waals surface area contributed by atoms with Crippen LogP contribution in [0, 0.1) is 0 Å². The molecule has 0 bridgehead atoms. The van der Waals surface area contributed by atoms with Crippen molar-refractivity contribution < 1.29 is 14.3 Å². The van der Waals surface area contributed by atoms with Crippen LogP contribution in [0.5, 0.6) is 11.5 Å². The maximum absolute atomic E-state index is 12.0. The molecule has 0 spiro atoms. The third-order valence-electron chi connectivity index (χ3n) is 4.54.